The molecule has 1 saturated heterocycles. The molecule has 0 radical (unpaired) electrons. The summed E-state index contributed by atoms with van der Waals surface area (Å²) < 4.78 is 34.9. The predicted octanol–water partition coefficient (Wildman–Crippen LogP) is -1.48. The molecule has 18 heavy (non-hydrogen) atoms. The van der Waals surface area contributed by atoms with E-state index in [1.54, 1.807) is 4.98 Å². The van der Waals surface area contributed by atoms with Crippen LogP contribution in [0.25, 0.3) is 0 Å². The number of alkyl halides is 1. The number of ether oxygens (including phenoxy) is 1. The Kier molecular flexibility index (Phi) is 2.49. The molecule has 1 aromatic rings. The fourth-order valence-corrected chi connectivity index (χ4v) is 1.85. The van der Waals surface area contributed by atoms with Gasteiger partial charge in [-0.2, -0.15) is 0 Å². The van der Waals surface area contributed by atoms with Crippen LogP contribution in [-0.2, 0) is 4.74 Å². The summed E-state index contributed by atoms with van der Waals surface area (Å²) in [6.45, 7) is 0.259. The minimum atomic E-state index is -2.47. The summed E-state index contributed by atoms with van der Waals surface area (Å²) in [4.78, 5) is 24.6. The minimum absolute atomic E-state index is 0.433. The molecule has 0 bridgehead atoms. The first-order valence-electron chi connectivity index (χ1n) is 6.17. The van der Waals surface area contributed by atoms with Crippen LogP contribution < -0.4 is 11.2 Å². The molecule has 0 aromatic carbocycles. The van der Waals surface area contributed by atoms with E-state index in [9.17, 15) is 19.1 Å². The number of aliphatic hydroxyl groups excluding tert-OH is 2. The summed E-state index contributed by atoms with van der Waals surface area (Å²) in [5.74, 6) is 0. The summed E-state index contributed by atoms with van der Waals surface area (Å²) in [6.07, 6.45) is -5.55. The predicted molar refractivity (Wildman–Crippen MR) is 57.8 cm³/mol. The van der Waals surface area contributed by atoms with E-state index < -0.39 is 54.2 Å². The van der Waals surface area contributed by atoms with Gasteiger partial charge < -0.3 is 14.9 Å². The van der Waals surface area contributed by atoms with E-state index >= 15 is 0 Å². The molecule has 0 spiro atoms. The van der Waals surface area contributed by atoms with Gasteiger partial charge in [0.2, 0.25) is 0 Å². The maximum atomic E-state index is 14.5. The fraction of sp³-hybridized carbons (Fsp3) is 0.600. The molecule has 3 N–H and O–H groups in total. The van der Waals surface area contributed by atoms with Gasteiger partial charge in [-0.05, 0) is 6.92 Å². The van der Waals surface area contributed by atoms with Crippen LogP contribution in [0, 0.1) is 0 Å². The van der Waals surface area contributed by atoms with Crippen molar-refractivity contribution < 1.29 is 22.1 Å². The Bertz CT molecular complexity index is 644. The maximum Gasteiger partial charge on any atom is 0.330 e. The number of hydrogen-bond donors (Lipinski definition) is 3. The van der Waals surface area contributed by atoms with Gasteiger partial charge >= 0.3 is 5.69 Å². The zero-order valence-electron chi connectivity index (χ0n) is 11.4. The Morgan fingerprint density at radius 2 is 2.39 bits per heavy atom. The normalized spacial score (nSPS) is 37.4. The first-order valence-corrected chi connectivity index (χ1v) is 5.17. The fourth-order valence-electron chi connectivity index (χ4n) is 1.85. The lowest BCUT2D eigenvalue weighted by Crippen LogP contribution is -2.43. The van der Waals surface area contributed by atoms with E-state index in [-0.39, 0.29) is 0 Å². The van der Waals surface area contributed by atoms with Crippen LogP contribution in [0.4, 0.5) is 4.39 Å². The monoisotopic (exact) mass is 262 g/mol. The van der Waals surface area contributed by atoms with Crippen molar-refractivity contribution >= 4 is 0 Å². The number of aromatic amines is 1. The smallest absolute Gasteiger partial charge is 0.330 e. The quantitative estimate of drug-likeness (QED) is 0.602. The molecule has 4 atom stereocenters. The third-order valence-corrected chi connectivity index (χ3v) is 2.86. The molecule has 100 valence electrons. The molecule has 1 unspecified atom stereocenters. The second-order valence-corrected chi connectivity index (χ2v) is 4.17. The van der Waals surface area contributed by atoms with Crippen LogP contribution in [0.15, 0.2) is 21.8 Å². The molecular weight excluding hydrogens is 247 g/mol. The molecule has 0 amide bonds. The summed E-state index contributed by atoms with van der Waals surface area (Å²) in [5.41, 5.74) is -4.68. The number of aliphatic hydroxyl groups is 2. The Hall–Kier alpha value is -1.51. The van der Waals surface area contributed by atoms with Crippen molar-refractivity contribution in [2.24, 2.45) is 0 Å². The lowest BCUT2D eigenvalue weighted by molar-refractivity contribution is -0.0611. The van der Waals surface area contributed by atoms with Crippen molar-refractivity contribution in [1.82, 2.24) is 9.55 Å². The van der Waals surface area contributed by atoms with Gasteiger partial charge in [-0.1, -0.05) is 0 Å². The van der Waals surface area contributed by atoms with Gasteiger partial charge in [-0.3, -0.25) is 14.3 Å². The van der Waals surface area contributed by atoms with Crippen LogP contribution in [0.3, 0.4) is 0 Å². The number of aromatic nitrogens is 2. The van der Waals surface area contributed by atoms with Crippen molar-refractivity contribution in [1.29, 1.82) is 0 Å². The second-order valence-electron chi connectivity index (χ2n) is 4.17. The van der Waals surface area contributed by atoms with Crippen LogP contribution >= 0.6 is 0 Å². The molecular formula is C10H13FN2O5. The highest BCUT2D eigenvalue weighted by molar-refractivity contribution is 5.01. The van der Waals surface area contributed by atoms with Gasteiger partial charge in [0.15, 0.2) is 11.9 Å². The first-order chi connectivity index (χ1) is 9.21. The zero-order valence-corrected chi connectivity index (χ0v) is 9.38. The van der Waals surface area contributed by atoms with Gasteiger partial charge in [-0.15, -0.1) is 0 Å². The number of nitrogens with zero attached hydrogens (tertiary/aromatic N) is 1. The third kappa shape index (κ3) is 1.88. The highest BCUT2D eigenvalue weighted by atomic mass is 19.1. The molecule has 8 heteroatoms. The average molecular weight is 262 g/mol. The van der Waals surface area contributed by atoms with Gasteiger partial charge in [0, 0.05) is 12.2 Å². The number of hydrogen-bond acceptors (Lipinski definition) is 5. The van der Waals surface area contributed by atoms with E-state index in [1.165, 1.54) is 0 Å². The molecule has 2 heterocycles. The molecule has 1 fully saturated rings. The lowest BCUT2D eigenvalue weighted by Gasteiger charge is -2.24. The van der Waals surface area contributed by atoms with Gasteiger partial charge in [0.1, 0.15) is 12.2 Å². The maximum absolute atomic E-state index is 14.5. The van der Waals surface area contributed by atoms with Crippen molar-refractivity contribution in [2.75, 3.05) is 6.61 Å². The first kappa shape index (κ1) is 10.4. The summed E-state index contributed by atoms with van der Waals surface area (Å²) in [7, 11) is 0. The zero-order chi connectivity index (χ0) is 15.2. The minimum Gasteiger partial charge on any atom is -0.394 e. The molecule has 0 saturated carbocycles. The van der Waals surface area contributed by atoms with Gasteiger partial charge in [0.05, 0.1) is 9.35 Å². The van der Waals surface area contributed by atoms with Crippen molar-refractivity contribution in [3.05, 3.63) is 33.1 Å². The topological polar surface area (TPSA) is 105 Å². The van der Waals surface area contributed by atoms with Crippen molar-refractivity contribution in [3.63, 3.8) is 0 Å². The molecule has 7 nitrogen and oxygen atoms in total. The Morgan fingerprint density at radius 1 is 1.72 bits per heavy atom. The van der Waals surface area contributed by atoms with Crippen LogP contribution in [0.5, 0.6) is 0 Å². The number of rotatable bonds is 2. The largest absolute Gasteiger partial charge is 0.394 e. The average Bonchev–Trinajstić information content (AvgIpc) is 2.60. The van der Waals surface area contributed by atoms with E-state index in [1.807, 2.05) is 0 Å². The van der Waals surface area contributed by atoms with Crippen LogP contribution in [0.1, 0.15) is 15.9 Å². The highest BCUT2D eigenvalue weighted by Crippen LogP contribution is 2.40. The van der Waals surface area contributed by atoms with E-state index in [0.29, 0.717) is 4.57 Å². The standard InChI is InChI=1S/C10H13FN2O5/c1-10(11)7(16)5(4-14)18-8(10)13-3-2-6(15)12-9(13)17/h2-3,5,7-8,14,16H,4H2,1H3,(H,12,15,17)/t5-,7?,8-,10+/m1/s1/i2D,3D. The third-order valence-electron chi connectivity index (χ3n) is 2.86. The lowest BCUT2D eigenvalue weighted by atomic mass is 9.98. The Morgan fingerprint density at radius 3 is 2.94 bits per heavy atom. The number of halogens is 1. The molecule has 1 aliphatic heterocycles. The summed E-state index contributed by atoms with van der Waals surface area (Å²) in [5, 5.41) is 18.7. The number of nitrogens with one attached hydrogen (secondary N) is 1. The Balaban J connectivity index is 2.61. The molecule has 2 rings (SSSR count). The second kappa shape index (κ2) is 4.30. The SMILES string of the molecule is [2H]c1c([2H])n([C@@H]2O[C@H](CO)C(O)[C@]2(C)F)c(=O)[nH]c1=O. The molecule has 1 aliphatic rings. The van der Waals surface area contributed by atoms with Crippen LogP contribution in [-0.4, -0.2) is 44.2 Å². The number of H-pyrrole nitrogens is 1. The van der Waals surface area contributed by atoms with E-state index in [4.69, 9.17) is 12.6 Å². The summed E-state index contributed by atoms with van der Waals surface area (Å²) in [6, 6.07) is -0.828. The van der Waals surface area contributed by atoms with E-state index in [2.05, 4.69) is 0 Å². The van der Waals surface area contributed by atoms with Gasteiger partial charge in [-0.25, -0.2) is 9.18 Å². The van der Waals surface area contributed by atoms with Crippen molar-refractivity contribution in [3.8, 4) is 0 Å². The summed E-state index contributed by atoms with van der Waals surface area (Å²) >= 11 is 0. The molecule has 0 aliphatic carbocycles. The highest BCUT2D eigenvalue weighted by Gasteiger charge is 2.54. The van der Waals surface area contributed by atoms with Gasteiger partial charge in [0.25, 0.3) is 5.56 Å². The van der Waals surface area contributed by atoms with E-state index in [0.717, 1.165) is 6.92 Å². The molecule has 1 aromatic heterocycles. The Labute approximate surface area is 103 Å². The van der Waals surface area contributed by atoms with Crippen LogP contribution in [0.2, 0.25) is 0 Å². The van der Waals surface area contributed by atoms with Crippen molar-refractivity contribution in [2.45, 2.75) is 31.0 Å².